The summed E-state index contributed by atoms with van der Waals surface area (Å²) in [7, 11) is 0. The van der Waals surface area contributed by atoms with Crippen molar-refractivity contribution in [3.8, 4) is 0 Å². The molecule has 1 heterocycles. The lowest BCUT2D eigenvalue weighted by molar-refractivity contribution is 0.107. The van der Waals surface area contributed by atoms with Gasteiger partial charge in [0.2, 0.25) is 0 Å². The number of nitrogens with one attached hydrogen (secondary N) is 1. The molecule has 0 fully saturated rings. The normalized spacial score (nSPS) is 10.6. The van der Waals surface area contributed by atoms with Crippen molar-refractivity contribution in [2.75, 3.05) is 0 Å². The minimum Gasteiger partial charge on any atom is -0.312 e. The standard InChI is InChI=1S/C7H3Cl2F2NO2/c8-4-2(6(10)11)1-3(5(9)13)7(14)12-4/h1,6H,(H,12,14). The van der Waals surface area contributed by atoms with E-state index in [1.165, 1.54) is 0 Å². The molecule has 0 atom stereocenters. The fourth-order valence-electron chi connectivity index (χ4n) is 0.828. The molecule has 7 heteroatoms. The minimum atomic E-state index is -2.88. The number of hydrogen-bond donors (Lipinski definition) is 1. The molecule has 76 valence electrons. The lowest BCUT2D eigenvalue weighted by Crippen LogP contribution is -2.16. The third kappa shape index (κ3) is 2.10. The summed E-state index contributed by atoms with van der Waals surface area (Å²) in [6.07, 6.45) is -2.88. The van der Waals surface area contributed by atoms with Crippen LogP contribution >= 0.6 is 23.2 Å². The molecule has 14 heavy (non-hydrogen) atoms. The van der Waals surface area contributed by atoms with Crippen molar-refractivity contribution in [3.63, 3.8) is 0 Å². The lowest BCUT2D eigenvalue weighted by atomic mass is 10.2. The van der Waals surface area contributed by atoms with Gasteiger partial charge in [-0.1, -0.05) is 11.6 Å². The Labute approximate surface area is 86.6 Å². The fraction of sp³-hybridized carbons (Fsp3) is 0.143. The molecule has 1 rings (SSSR count). The number of H-pyrrole nitrogens is 1. The van der Waals surface area contributed by atoms with Crippen LogP contribution in [0, 0.1) is 0 Å². The van der Waals surface area contributed by atoms with E-state index in [0.717, 1.165) is 0 Å². The number of aromatic nitrogens is 1. The molecule has 0 saturated heterocycles. The highest BCUT2D eigenvalue weighted by Crippen LogP contribution is 2.24. The molecule has 0 saturated carbocycles. The molecular weight excluding hydrogens is 239 g/mol. The van der Waals surface area contributed by atoms with Gasteiger partial charge >= 0.3 is 0 Å². The zero-order chi connectivity index (χ0) is 10.9. The zero-order valence-electron chi connectivity index (χ0n) is 6.48. The predicted molar refractivity (Wildman–Crippen MR) is 47.2 cm³/mol. The Kier molecular flexibility index (Phi) is 3.23. The third-order valence-corrected chi connectivity index (χ3v) is 1.98. The van der Waals surface area contributed by atoms with Gasteiger partial charge in [-0.3, -0.25) is 9.59 Å². The Morgan fingerprint density at radius 3 is 2.50 bits per heavy atom. The Balaban J connectivity index is 3.42. The van der Waals surface area contributed by atoms with Gasteiger partial charge in [0.25, 0.3) is 17.2 Å². The van der Waals surface area contributed by atoms with E-state index in [0.29, 0.717) is 6.07 Å². The van der Waals surface area contributed by atoms with Gasteiger partial charge in [0, 0.05) is 0 Å². The number of hydrogen-bond acceptors (Lipinski definition) is 2. The number of pyridine rings is 1. The smallest absolute Gasteiger partial charge is 0.266 e. The van der Waals surface area contributed by atoms with Crippen LogP contribution in [0.2, 0.25) is 5.15 Å². The lowest BCUT2D eigenvalue weighted by Gasteiger charge is -2.03. The van der Waals surface area contributed by atoms with Crippen LogP contribution in [0.1, 0.15) is 22.3 Å². The van der Waals surface area contributed by atoms with Gasteiger partial charge in [0.1, 0.15) is 5.15 Å². The van der Waals surface area contributed by atoms with Crippen LogP contribution in [0.25, 0.3) is 0 Å². The van der Waals surface area contributed by atoms with Gasteiger partial charge in [0.05, 0.1) is 11.1 Å². The van der Waals surface area contributed by atoms with Gasteiger partial charge < -0.3 is 4.98 Å². The Morgan fingerprint density at radius 1 is 1.50 bits per heavy atom. The first-order valence-corrected chi connectivity index (χ1v) is 4.09. The average molecular weight is 242 g/mol. The second-order valence-electron chi connectivity index (χ2n) is 2.36. The molecule has 0 aliphatic carbocycles. The minimum absolute atomic E-state index is 0.494. The molecule has 0 amide bonds. The first-order valence-electron chi connectivity index (χ1n) is 3.34. The van der Waals surface area contributed by atoms with Gasteiger partial charge in [-0.15, -0.1) is 0 Å². The van der Waals surface area contributed by atoms with Gasteiger partial charge in [-0.05, 0) is 17.7 Å². The molecule has 1 aromatic heterocycles. The zero-order valence-corrected chi connectivity index (χ0v) is 7.99. The average Bonchev–Trinajstić information content (AvgIpc) is 2.02. The van der Waals surface area contributed by atoms with Gasteiger partial charge in [-0.2, -0.15) is 0 Å². The molecular formula is C7H3Cl2F2NO2. The first-order chi connectivity index (χ1) is 6.43. The summed E-state index contributed by atoms with van der Waals surface area (Å²) >= 11 is 10.3. The molecule has 0 aromatic carbocycles. The maximum atomic E-state index is 12.2. The monoisotopic (exact) mass is 241 g/mol. The second-order valence-corrected chi connectivity index (χ2v) is 3.08. The molecule has 0 aliphatic rings. The van der Waals surface area contributed by atoms with E-state index in [9.17, 15) is 18.4 Å². The van der Waals surface area contributed by atoms with E-state index in [-0.39, 0.29) is 0 Å². The quantitative estimate of drug-likeness (QED) is 0.639. The molecule has 1 N–H and O–H groups in total. The second kappa shape index (κ2) is 4.06. The van der Waals surface area contributed by atoms with Crippen molar-refractivity contribution in [1.82, 2.24) is 4.98 Å². The van der Waals surface area contributed by atoms with E-state index in [1.54, 1.807) is 0 Å². The van der Waals surface area contributed by atoms with Gasteiger partial charge in [0.15, 0.2) is 0 Å². The van der Waals surface area contributed by atoms with Crippen LogP contribution in [-0.2, 0) is 0 Å². The Morgan fingerprint density at radius 2 is 2.07 bits per heavy atom. The van der Waals surface area contributed by atoms with Crippen molar-refractivity contribution in [2.45, 2.75) is 6.43 Å². The summed E-state index contributed by atoms with van der Waals surface area (Å²) in [5, 5.41) is -1.60. The number of aromatic amines is 1. The SMILES string of the molecule is O=C(Cl)c1cc(C(F)F)c(Cl)[nH]c1=O. The van der Waals surface area contributed by atoms with Crippen molar-refractivity contribution >= 4 is 28.4 Å². The van der Waals surface area contributed by atoms with Gasteiger partial charge in [-0.25, -0.2) is 8.78 Å². The molecule has 0 radical (unpaired) electrons. The molecule has 3 nitrogen and oxygen atoms in total. The van der Waals surface area contributed by atoms with Crippen LogP contribution in [0.15, 0.2) is 10.9 Å². The van der Waals surface area contributed by atoms with Crippen LogP contribution < -0.4 is 5.56 Å². The first kappa shape index (κ1) is 11.1. The summed E-state index contributed by atoms with van der Waals surface area (Å²) in [5.41, 5.74) is -2.07. The number of carbonyl (C=O) groups is 1. The molecule has 1 aromatic rings. The predicted octanol–water partition coefficient (Wildman–Crippen LogP) is 2.34. The Bertz CT molecular complexity index is 430. The molecule has 0 bridgehead atoms. The summed E-state index contributed by atoms with van der Waals surface area (Å²) in [6.45, 7) is 0. The summed E-state index contributed by atoms with van der Waals surface area (Å²) in [6, 6.07) is 0.682. The van der Waals surface area contributed by atoms with Crippen LogP contribution in [0.5, 0.6) is 0 Å². The topological polar surface area (TPSA) is 49.9 Å². The maximum Gasteiger partial charge on any atom is 0.266 e. The van der Waals surface area contributed by atoms with Crippen molar-refractivity contribution in [1.29, 1.82) is 0 Å². The van der Waals surface area contributed by atoms with E-state index >= 15 is 0 Å². The Hall–Kier alpha value is -0.940. The molecule has 0 unspecified atom stereocenters. The molecule has 0 aliphatic heterocycles. The number of alkyl halides is 2. The van der Waals surface area contributed by atoms with Crippen LogP contribution in [0.4, 0.5) is 8.78 Å². The van der Waals surface area contributed by atoms with E-state index in [4.69, 9.17) is 23.2 Å². The number of rotatable bonds is 2. The summed E-state index contributed by atoms with van der Waals surface area (Å²) in [5.74, 6) is 0. The van der Waals surface area contributed by atoms with E-state index in [1.807, 2.05) is 4.98 Å². The largest absolute Gasteiger partial charge is 0.312 e. The highest BCUT2D eigenvalue weighted by molar-refractivity contribution is 6.67. The van der Waals surface area contributed by atoms with Crippen molar-refractivity contribution < 1.29 is 13.6 Å². The van der Waals surface area contributed by atoms with E-state index in [2.05, 4.69) is 0 Å². The van der Waals surface area contributed by atoms with Crippen molar-refractivity contribution in [3.05, 3.63) is 32.7 Å². The number of halogens is 4. The highest BCUT2D eigenvalue weighted by Gasteiger charge is 2.17. The maximum absolute atomic E-state index is 12.2. The third-order valence-electron chi connectivity index (χ3n) is 1.47. The molecule has 0 spiro atoms. The fourth-order valence-corrected chi connectivity index (χ4v) is 1.19. The highest BCUT2D eigenvalue weighted by atomic mass is 35.5. The van der Waals surface area contributed by atoms with Crippen LogP contribution in [-0.4, -0.2) is 10.2 Å². The van der Waals surface area contributed by atoms with Crippen LogP contribution in [0.3, 0.4) is 0 Å². The number of carbonyl (C=O) groups excluding carboxylic acids is 1. The summed E-state index contributed by atoms with van der Waals surface area (Å²) in [4.78, 5) is 23.5. The van der Waals surface area contributed by atoms with E-state index < -0.39 is 33.5 Å². The van der Waals surface area contributed by atoms with Crippen molar-refractivity contribution in [2.24, 2.45) is 0 Å². The summed E-state index contributed by atoms with van der Waals surface area (Å²) < 4.78 is 24.5.